The van der Waals surface area contributed by atoms with Crippen molar-refractivity contribution in [2.24, 2.45) is 7.05 Å². The predicted molar refractivity (Wildman–Crippen MR) is 102 cm³/mol. The van der Waals surface area contributed by atoms with Gasteiger partial charge >= 0.3 is 0 Å². The Bertz CT molecular complexity index is 785. The summed E-state index contributed by atoms with van der Waals surface area (Å²) in [4.78, 5) is 12.8. The predicted octanol–water partition coefficient (Wildman–Crippen LogP) is 2.69. The van der Waals surface area contributed by atoms with Crippen molar-refractivity contribution in [1.29, 1.82) is 0 Å². The van der Waals surface area contributed by atoms with Crippen molar-refractivity contribution in [3.8, 4) is 11.1 Å². The quantitative estimate of drug-likeness (QED) is 0.852. The van der Waals surface area contributed by atoms with E-state index in [1.54, 1.807) is 17.9 Å². The molecule has 5 nitrogen and oxygen atoms in total. The van der Waals surface area contributed by atoms with Crippen LogP contribution in [0.4, 0.5) is 5.69 Å². The Morgan fingerprint density at radius 3 is 2.64 bits per heavy atom. The minimum absolute atomic E-state index is 0.00193. The molecule has 2 heterocycles. The first kappa shape index (κ1) is 18.0. The summed E-state index contributed by atoms with van der Waals surface area (Å²) in [5.74, 6) is 0. The molecule has 1 aliphatic heterocycles. The highest BCUT2D eigenvalue weighted by molar-refractivity contribution is 7.90. The summed E-state index contributed by atoms with van der Waals surface area (Å²) in [5, 5.41) is 3.60. The fourth-order valence-electron chi connectivity index (χ4n) is 3.15. The molecule has 1 unspecified atom stereocenters. The summed E-state index contributed by atoms with van der Waals surface area (Å²) in [6.07, 6.45) is 5.44. The number of benzene rings is 1. The molecule has 0 bridgehead atoms. The Labute approximate surface area is 151 Å². The molecular formula is C19H24N2O3S. The molecule has 6 heteroatoms. The van der Waals surface area contributed by atoms with Gasteiger partial charge in [-0.25, -0.2) is 0 Å². The van der Waals surface area contributed by atoms with Crippen LogP contribution in [0.1, 0.15) is 18.4 Å². The van der Waals surface area contributed by atoms with Gasteiger partial charge in [-0.1, -0.05) is 0 Å². The number of aromatic nitrogens is 1. The van der Waals surface area contributed by atoms with E-state index in [0.29, 0.717) is 11.6 Å². The molecule has 0 spiro atoms. The van der Waals surface area contributed by atoms with Gasteiger partial charge in [0.25, 0.3) is 5.56 Å². The van der Waals surface area contributed by atoms with Gasteiger partial charge in [0.2, 0.25) is 0 Å². The van der Waals surface area contributed by atoms with E-state index in [1.165, 1.54) is 0 Å². The van der Waals surface area contributed by atoms with Crippen LogP contribution < -0.4 is 10.9 Å². The number of anilines is 1. The molecule has 0 saturated carbocycles. The Kier molecular flexibility index (Phi) is 5.51. The van der Waals surface area contributed by atoms with Crippen molar-refractivity contribution in [1.82, 2.24) is 4.57 Å². The normalized spacial score (nSPS) is 16.6. The molecule has 134 valence electrons. The Hall–Kier alpha value is -1.76. The Morgan fingerprint density at radius 2 is 2.00 bits per heavy atom. The molecule has 1 atom stereocenters. The molecule has 0 aliphatic carbocycles. The highest BCUT2D eigenvalue weighted by Crippen LogP contribution is 2.32. The molecule has 0 radical (unpaired) electrons. The maximum atomic E-state index is 12.0. The van der Waals surface area contributed by atoms with Gasteiger partial charge in [0.05, 0.1) is 0 Å². The second-order valence-corrected chi connectivity index (χ2v) is 7.90. The summed E-state index contributed by atoms with van der Waals surface area (Å²) in [6, 6.07) is 8.10. The first-order valence-electron chi connectivity index (χ1n) is 8.45. The Morgan fingerprint density at radius 1 is 1.28 bits per heavy atom. The first-order chi connectivity index (χ1) is 12.0. The monoisotopic (exact) mass is 360 g/mol. The van der Waals surface area contributed by atoms with E-state index in [4.69, 9.17) is 4.74 Å². The van der Waals surface area contributed by atoms with Gasteiger partial charge < -0.3 is 19.2 Å². The third-order valence-corrected chi connectivity index (χ3v) is 5.50. The third-order valence-electron chi connectivity index (χ3n) is 4.58. The summed E-state index contributed by atoms with van der Waals surface area (Å²) in [5.41, 5.74) is 3.61. The van der Waals surface area contributed by atoms with Gasteiger partial charge in [0, 0.05) is 60.9 Å². The van der Waals surface area contributed by atoms with Gasteiger partial charge in [-0.05, 0) is 49.1 Å². The molecule has 1 aliphatic rings. The van der Waals surface area contributed by atoms with Gasteiger partial charge in [-0.3, -0.25) is 4.79 Å². The summed E-state index contributed by atoms with van der Waals surface area (Å²) >= 11 is -1.06. The molecule has 25 heavy (non-hydrogen) atoms. The van der Waals surface area contributed by atoms with E-state index in [2.05, 4.69) is 5.32 Å². The number of nitrogens with zero attached hydrogens (tertiary/aromatic N) is 1. The molecule has 0 amide bonds. The van der Waals surface area contributed by atoms with E-state index in [9.17, 15) is 9.35 Å². The van der Waals surface area contributed by atoms with Crippen LogP contribution in [-0.4, -0.2) is 34.6 Å². The number of hydrogen-bond donors (Lipinski definition) is 1. The van der Waals surface area contributed by atoms with Crippen molar-refractivity contribution >= 4 is 16.9 Å². The molecule has 1 aromatic carbocycles. The minimum Gasteiger partial charge on any atom is -0.612 e. The molecule has 1 saturated heterocycles. The first-order valence-corrected chi connectivity index (χ1v) is 10.0. The number of ether oxygens (including phenoxy) is 1. The third kappa shape index (κ3) is 4.08. The van der Waals surface area contributed by atoms with Crippen LogP contribution >= 0.6 is 0 Å². The van der Waals surface area contributed by atoms with Crippen LogP contribution in [0.25, 0.3) is 11.1 Å². The second kappa shape index (κ2) is 7.64. The second-order valence-electron chi connectivity index (χ2n) is 6.52. The lowest BCUT2D eigenvalue weighted by molar-refractivity contribution is 0.0904. The van der Waals surface area contributed by atoms with Gasteiger partial charge in [0.1, 0.15) is 6.26 Å². The molecule has 1 fully saturated rings. The van der Waals surface area contributed by atoms with Crippen molar-refractivity contribution < 1.29 is 9.29 Å². The van der Waals surface area contributed by atoms with Crippen LogP contribution in [-0.2, 0) is 23.0 Å². The molecule has 2 aromatic rings. The lowest BCUT2D eigenvalue weighted by Crippen LogP contribution is -2.28. The molecular weight excluding hydrogens is 336 g/mol. The minimum atomic E-state index is -1.06. The van der Waals surface area contributed by atoms with Gasteiger partial charge in [-0.2, -0.15) is 0 Å². The number of rotatable bonds is 4. The van der Waals surface area contributed by atoms with Crippen LogP contribution in [0.15, 0.2) is 40.2 Å². The van der Waals surface area contributed by atoms with Gasteiger partial charge in [-0.15, -0.1) is 0 Å². The molecule has 3 rings (SSSR count). The van der Waals surface area contributed by atoms with E-state index < -0.39 is 11.2 Å². The topological polar surface area (TPSA) is 66.3 Å². The van der Waals surface area contributed by atoms with Crippen molar-refractivity contribution in [3.05, 3.63) is 46.4 Å². The number of pyridine rings is 1. The molecule has 1 N–H and O–H groups in total. The van der Waals surface area contributed by atoms with Crippen LogP contribution in [0.5, 0.6) is 0 Å². The average molecular weight is 360 g/mol. The van der Waals surface area contributed by atoms with Crippen LogP contribution in [0.2, 0.25) is 0 Å². The fraction of sp³-hybridized carbons (Fsp3) is 0.421. The molecule has 1 aromatic heterocycles. The smallest absolute Gasteiger partial charge is 0.253 e. The zero-order valence-electron chi connectivity index (χ0n) is 14.9. The van der Waals surface area contributed by atoms with E-state index >= 15 is 0 Å². The largest absolute Gasteiger partial charge is 0.612 e. The zero-order chi connectivity index (χ0) is 18.0. The van der Waals surface area contributed by atoms with Crippen molar-refractivity contribution in [2.45, 2.75) is 30.7 Å². The lowest BCUT2D eigenvalue weighted by Gasteiger charge is -2.25. The van der Waals surface area contributed by atoms with Crippen LogP contribution in [0.3, 0.4) is 0 Å². The maximum Gasteiger partial charge on any atom is 0.253 e. The SMILES string of the molecule is Cc1cc(-c2cc([S+](C)[O-])ccc2NC2CCOCC2)cn(C)c1=O. The number of hydrogen-bond acceptors (Lipinski definition) is 4. The van der Waals surface area contributed by atoms with Crippen LogP contribution in [0, 0.1) is 6.92 Å². The van der Waals surface area contributed by atoms with E-state index in [0.717, 1.165) is 47.8 Å². The average Bonchev–Trinajstić information content (AvgIpc) is 2.60. The van der Waals surface area contributed by atoms with Crippen molar-refractivity contribution in [2.75, 3.05) is 24.8 Å². The number of nitrogens with one attached hydrogen (secondary N) is 1. The zero-order valence-corrected chi connectivity index (χ0v) is 15.7. The summed E-state index contributed by atoms with van der Waals surface area (Å²) in [6.45, 7) is 3.35. The summed E-state index contributed by atoms with van der Waals surface area (Å²) < 4.78 is 19.0. The van der Waals surface area contributed by atoms with Gasteiger partial charge in [0.15, 0.2) is 4.90 Å². The highest BCUT2D eigenvalue weighted by atomic mass is 32.2. The standard InChI is InChI=1S/C19H24N2O3S/c1-13-10-14(12-21(2)19(13)22)17-11-16(25(3)23)4-5-18(17)20-15-6-8-24-9-7-15/h4-5,10-12,15,20H,6-9H2,1-3H3. The Balaban J connectivity index is 2.05. The summed E-state index contributed by atoms with van der Waals surface area (Å²) in [7, 11) is 1.76. The highest BCUT2D eigenvalue weighted by Gasteiger charge is 2.18. The van der Waals surface area contributed by atoms with Crippen molar-refractivity contribution in [3.63, 3.8) is 0 Å². The van der Waals surface area contributed by atoms with E-state index in [-0.39, 0.29) is 5.56 Å². The maximum absolute atomic E-state index is 12.0. The number of aryl methyl sites for hydroxylation is 2. The van der Waals surface area contributed by atoms with E-state index in [1.807, 2.05) is 37.4 Å². The lowest BCUT2D eigenvalue weighted by atomic mass is 10.0. The fourth-order valence-corrected chi connectivity index (χ4v) is 3.70.